The fourth-order valence-electron chi connectivity index (χ4n) is 1.63. The Morgan fingerprint density at radius 2 is 2.12 bits per heavy atom. The lowest BCUT2D eigenvalue weighted by Crippen LogP contribution is -2.34. The van der Waals surface area contributed by atoms with Crippen LogP contribution in [0.15, 0.2) is 22.7 Å². The molecule has 1 aromatic rings. The largest absolute Gasteiger partial charge is 0.339 e. The van der Waals surface area contributed by atoms with E-state index in [0.29, 0.717) is 23.5 Å². The van der Waals surface area contributed by atoms with E-state index in [1.54, 1.807) is 11.0 Å². The molecular formula is C13H17BrFNO. The molecule has 0 bridgehead atoms. The average Bonchev–Trinajstić information content (AvgIpc) is 2.24. The highest BCUT2D eigenvalue weighted by molar-refractivity contribution is 9.10. The molecular weight excluding hydrogens is 285 g/mol. The van der Waals surface area contributed by atoms with Gasteiger partial charge in [0.2, 0.25) is 0 Å². The van der Waals surface area contributed by atoms with Gasteiger partial charge in [0.05, 0.1) is 5.56 Å². The number of benzene rings is 1. The Morgan fingerprint density at radius 1 is 1.47 bits per heavy atom. The van der Waals surface area contributed by atoms with Gasteiger partial charge >= 0.3 is 0 Å². The first-order valence-electron chi connectivity index (χ1n) is 5.70. The van der Waals surface area contributed by atoms with Gasteiger partial charge in [-0.25, -0.2) is 4.39 Å². The first-order valence-corrected chi connectivity index (χ1v) is 6.49. The van der Waals surface area contributed by atoms with Gasteiger partial charge in [-0.1, -0.05) is 29.8 Å². The molecule has 0 atom stereocenters. The number of nitrogens with zero attached hydrogens (tertiary/aromatic N) is 1. The molecule has 17 heavy (non-hydrogen) atoms. The Labute approximate surface area is 110 Å². The van der Waals surface area contributed by atoms with E-state index in [1.165, 1.54) is 12.1 Å². The molecule has 0 N–H and O–H groups in total. The van der Waals surface area contributed by atoms with Crippen LogP contribution in [0.2, 0.25) is 0 Å². The summed E-state index contributed by atoms with van der Waals surface area (Å²) in [5.41, 5.74) is 0.135. The van der Waals surface area contributed by atoms with Crippen molar-refractivity contribution in [3.05, 3.63) is 34.1 Å². The monoisotopic (exact) mass is 301 g/mol. The first-order chi connectivity index (χ1) is 7.95. The van der Waals surface area contributed by atoms with Gasteiger partial charge in [0.1, 0.15) is 5.82 Å². The van der Waals surface area contributed by atoms with Crippen molar-refractivity contribution in [3.8, 4) is 0 Å². The minimum absolute atomic E-state index is 0.135. The van der Waals surface area contributed by atoms with E-state index in [0.717, 1.165) is 0 Å². The minimum Gasteiger partial charge on any atom is -0.339 e. The molecule has 1 aromatic carbocycles. The summed E-state index contributed by atoms with van der Waals surface area (Å²) in [6, 6.07) is 4.51. The molecule has 0 heterocycles. The van der Waals surface area contributed by atoms with Gasteiger partial charge in [-0.05, 0) is 31.0 Å². The summed E-state index contributed by atoms with van der Waals surface area (Å²) >= 11 is 3.17. The predicted molar refractivity (Wildman–Crippen MR) is 70.5 cm³/mol. The van der Waals surface area contributed by atoms with Crippen LogP contribution in [0.25, 0.3) is 0 Å². The normalized spacial score (nSPS) is 10.7. The van der Waals surface area contributed by atoms with Gasteiger partial charge in [0.15, 0.2) is 0 Å². The van der Waals surface area contributed by atoms with Crippen molar-refractivity contribution in [2.45, 2.75) is 20.8 Å². The molecule has 4 heteroatoms. The summed E-state index contributed by atoms with van der Waals surface area (Å²) in [6.45, 7) is 7.20. The molecule has 0 saturated heterocycles. The van der Waals surface area contributed by atoms with Crippen molar-refractivity contribution in [2.24, 2.45) is 5.92 Å². The third kappa shape index (κ3) is 3.80. The van der Waals surface area contributed by atoms with Crippen LogP contribution in [0.3, 0.4) is 0 Å². The molecule has 0 aromatic heterocycles. The smallest absolute Gasteiger partial charge is 0.256 e. The zero-order chi connectivity index (χ0) is 13.0. The lowest BCUT2D eigenvalue weighted by atomic mass is 10.1. The second-order valence-corrected chi connectivity index (χ2v) is 5.28. The highest BCUT2D eigenvalue weighted by Gasteiger charge is 2.18. The van der Waals surface area contributed by atoms with Crippen LogP contribution in [0, 0.1) is 11.7 Å². The maximum atomic E-state index is 13.7. The van der Waals surface area contributed by atoms with Gasteiger partial charge < -0.3 is 4.90 Å². The van der Waals surface area contributed by atoms with Crippen molar-refractivity contribution in [1.29, 1.82) is 0 Å². The van der Waals surface area contributed by atoms with Crippen LogP contribution in [0.1, 0.15) is 31.1 Å². The SMILES string of the molecule is CCN(CC(C)C)C(=O)c1ccc(Br)cc1F. The molecule has 0 aliphatic rings. The number of carbonyl (C=O) groups excluding carboxylic acids is 1. The Kier molecular flexibility index (Phi) is 5.12. The van der Waals surface area contributed by atoms with Crippen molar-refractivity contribution < 1.29 is 9.18 Å². The first kappa shape index (κ1) is 14.2. The molecule has 0 radical (unpaired) electrons. The van der Waals surface area contributed by atoms with Crippen LogP contribution in [-0.4, -0.2) is 23.9 Å². The molecule has 0 spiro atoms. The van der Waals surface area contributed by atoms with E-state index in [1.807, 2.05) is 20.8 Å². The Balaban J connectivity index is 2.93. The zero-order valence-corrected chi connectivity index (χ0v) is 11.9. The van der Waals surface area contributed by atoms with Crippen LogP contribution >= 0.6 is 15.9 Å². The third-order valence-corrected chi connectivity index (χ3v) is 2.91. The van der Waals surface area contributed by atoms with E-state index in [2.05, 4.69) is 15.9 Å². The highest BCUT2D eigenvalue weighted by atomic mass is 79.9. The summed E-state index contributed by atoms with van der Waals surface area (Å²) in [7, 11) is 0. The van der Waals surface area contributed by atoms with Crippen LogP contribution in [0.4, 0.5) is 4.39 Å². The number of halogens is 2. The molecule has 2 nitrogen and oxygen atoms in total. The van der Waals surface area contributed by atoms with E-state index >= 15 is 0 Å². The topological polar surface area (TPSA) is 20.3 Å². The van der Waals surface area contributed by atoms with Crippen molar-refractivity contribution >= 4 is 21.8 Å². The maximum Gasteiger partial charge on any atom is 0.256 e. The van der Waals surface area contributed by atoms with Gasteiger partial charge in [-0.3, -0.25) is 4.79 Å². The standard InChI is InChI=1S/C13H17BrFNO/c1-4-16(8-9(2)3)13(17)11-6-5-10(14)7-12(11)15/h5-7,9H,4,8H2,1-3H3. The number of hydrogen-bond donors (Lipinski definition) is 0. The summed E-state index contributed by atoms with van der Waals surface area (Å²) in [5, 5.41) is 0. The molecule has 0 aliphatic carbocycles. The number of carbonyl (C=O) groups is 1. The average molecular weight is 302 g/mol. The fourth-order valence-corrected chi connectivity index (χ4v) is 1.96. The predicted octanol–water partition coefficient (Wildman–Crippen LogP) is 3.71. The summed E-state index contributed by atoms with van der Waals surface area (Å²) in [6.07, 6.45) is 0. The van der Waals surface area contributed by atoms with Crippen LogP contribution in [-0.2, 0) is 0 Å². The molecule has 0 saturated carbocycles. The van der Waals surface area contributed by atoms with E-state index in [9.17, 15) is 9.18 Å². The van der Waals surface area contributed by atoms with E-state index < -0.39 is 5.82 Å². The second-order valence-electron chi connectivity index (χ2n) is 4.36. The summed E-state index contributed by atoms with van der Waals surface area (Å²) in [4.78, 5) is 13.8. The summed E-state index contributed by atoms with van der Waals surface area (Å²) in [5.74, 6) is -0.352. The second kappa shape index (κ2) is 6.15. The minimum atomic E-state index is -0.480. The Bertz CT molecular complexity index is 406. The lowest BCUT2D eigenvalue weighted by molar-refractivity contribution is 0.0741. The van der Waals surface area contributed by atoms with Crippen molar-refractivity contribution in [1.82, 2.24) is 4.90 Å². The molecule has 1 rings (SSSR count). The van der Waals surface area contributed by atoms with E-state index in [-0.39, 0.29) is 11.5 Å². The number of rotatable bonds is 4. The molecule has 0 aliphatic heterocycles. The van der Waals surface area contributed by atoms with Crippen LogP contribution < -0.4 is 0 Å². The van der Waals surface area contributed by atoms with Crippen molar-refractivity contribution in [3.63, 3.8) is 0 Å². The molecule has 1 amide bonds. The Morgan fingerprint density at radius 3 is 2.59 bits per heavy atom. The van der Waals surface area contributed by atoms with Crippen molar-refractivity contribution in [2.75, 3.05) is 13.1 Å². The number of amides is 1. The lowest BCUT2D eigenvalue weighted by Gasteiger charge is -2.23. The number of hydrogen-bond acceptors (Lipinski definition) is 1. The maximum absolute atomic E-state index is 13.7. The summed E-state index contributed by atoms with van der Waals surface area (Å²) < 4.78 is 14.3. The zero-order valence-electron chi connectivity index (χ0n) is 10.3. The van der Waals surface area contributed by atoms with Gasteiger partial charge in [0, 0.05) is 17.6 Å². The fraction of sp³-hybridized carbons (Fsp3) is 0.462. The molecule has 0 fully saturated rings. The quantitative estimate of drug-likeness (QED) is 0.830. The molecule has 94 valence electrons. The van der Waals surface area contributed by atoms with E-state index in [4.69, 9.17) is 0 Å². The van der Waals surface area contributed by atoms with Gasteiger partial charge in [0.25, 0.3) is 5.91 Å². The Hall–Kier alpha value is -0.900. The van der Waals surface area contributed by atoms with Crippen LogP contribution in [0.5, 0.6) is 0 Å². The highest BCUT2D eigenvalue weighted by Crippen LogP contribution is 2.17. The van der Waals surface area contributed by atoms with Gasteiger partial charge in [-0.2, -0.15) is 0 Å². The third-order valence-electron chi connectivity index (χ3n) is 2.42. The molecule has 0 unspecified atom stereocenters. The van der Waals surface area contributed by atoms with Gasteiger partial charge in [-0.15, -0.1) is 0 Å².